The lowest BCUT2D eigenvalue weighted by Crippen LogP contribution is -2.36. The second-order valence-corrected chi connectivity index (χ2v) is 5.91. The van der Waals surface area contributed by atoms with Gasteiger partial charge in [0.2, 0.25) is 0 Å². The molecular weight excluding hydrogens is 234 g/mol. The first-order chi connectivity index (χ1) is 9.20. The standard InChI is InChI=1S/C16H27N3/c1-4-17-16-9-8-14(11-18-16)15-7-5-6-10-19(15)12-13(2)3/h8-9,11,13,15H,4-7,10,12H2,1-3H3,(H,17,18)/t15-/m0/s1. The van der Waals surface area contributed by atoms with Crippen LogP contribution in [0.15, 0.2) is 18.3 Å². The van der Waals surface area contributed by atoms with Crippen LogP contribution < -0.4 is 5.32 Å². The highest BCUT2D eigenvalue weighted by molar-refractivity contribution is 5.36. The predicted octanol–water partition coefficient (Wildman–Crippen LogP) is 3.70. The normalized spacial score (nSPS) is 20.7. The van der Waals surface area contributed by atoms with Gasteiger partial charge in [-0.1, -0.05) is 26.3 Å². The topological polar surface area (TPSA) is 28.2 Å². The van der Waals surface area contributed by atoms with Crippen molar-refractivity contribution in [3.8, 4) is 0 Å². The summed E-state index contributed by atoms with van der Waals surface area (Å²) in [6, 6.07) is 4.93. The Morgan fingerprint density at radius 2 is 2.21 bits per heavy atom. The summed E-state index contributed by atoms with van der Waals surface area (Å²) < 4.78 is 0. The maximum atomic E-state index is 4.52. The molecule has 2 heterocycles. The van der Waals surface area contributed by atoms with E-state index in [1.807, 2.05) is 0 Å². The molecule has 19 heavy (non-hydrogen) atoms. The number of aromatic nitrogens is 1. The van der Waals surface area contributed by atoms with E-state index in [0.29, 0.717) is 6.04 Å². The summed E-state index contributed by atoms with van der Waals surface area (Å²) >= 11 is 0. The van der Waals surface area contributed by atoms with Crippen molar-refractivity contribution in [1.29, 1.82) is 0 Å². The zero-order valence-electron chi connectivity index (χ0n) is 12.5. The van der Waals surface area contributed by atoms with E-state index >= 15 is 0 Å². The van der Waals surface area contributed by atoms with Gasteiger partial charge in [0.05, 0.1) is 0 Å². The van der Waals surface area contributed by atoms with Crippen molar-refractivity contribution in [2.24, 2.45) is 5.92 Å². The van der Waals surface area contributed by atoms with Gasteiger partial charge in [0.15, 0.2) is 0 Å². The smallest absolute Gasteiger partial charge is 0.125 e. The maximum Gasteiger partial charge on any atom is 0.125 e. The Hall–Kier alpha value is -1.09. The average molecular weight is 261 g/mol. The van der Waals surface area contributed by atoms with Crippen LogP contribution in [0.25, 0.3) is 0 Å². The van der Waals surface area contributed by atoms with Crippen molar-refractivity contribution >= 4 is 5.82 Å². The third-order valence-corrected chi connectivity index (χ3v) is 3.74. The van der Waals surface area contributed by atoms with Crippen LogP contribution in [0.1, 0.15) is 51.6 Å². The van der Waals surface area contributed by atoms with E-state index < -0.39 is 0 Å². The van der Waals surface area contributed by atoms with Gasteiger partial charge in [0, 0.05) is 25.3 Å². The van der Waals surface area contributed by atoms with Crippen LogP contribution in [0.5, 0.6) is 0 Å². The third kappa shape index (κ3) is 3.93. The summed E-state index contributed by atoms with van der Waals surface area (Å²) in [6.45, 7) is 10.1. The summed E-state index contributed by atoms with van der Waals surface area (Å²) in [5, 5.41) is 3.26. The van der Waals surface area contributed by atoms with E-state index in [-0.39, 0.29) is 0 Å². The van der Waals surface area contributed by atoms with Gasteiger partial charge in [-0.05, 0) is 43.9 Å². The first-order valence-corrected chi connectivity index (χ1v) is 7.64. The molecule has 1 N–H and O–H groups in total. The van der Waals surface area contributed by atoms with Crippen LogP contribution in [-0.4, -0.2) is 29.5 Å². The highest BCUT2D eigenvalue weighted by atomic mass is 15.2. The summed E-state index contributed by atoms with van der Waals surface area (Å²) in [6.07, 6.45) is 6.01. The van der Waals surface area contributed by atoms with Crippen molar-refractivity contribution in [2.45, 2.75) is 46.1 Å². The predicted molar refractivity (Wildman–Crippen MR) is 81.4 cm³/mol. The van der Waals surface area contributed by atoms with Crippen LogP contribution in [0.2, 0.25) is 0 Å². The molecule has 1 aromatic rings. The molecule has 0 aromatic carbocycles. The van der Waals surface area contributed by atoms with Gasteiger partial charge in [0.1, 0.15) is 5.82 Å². The molecule has 3 nitrogen and oxygen atoms in total. The Morgan fingerprint density at radius 1 is 1.37 bits per heavy atom. The fraction of sp³-hybridized carbons (Fsp3) is 0.688. The molecule has 106 valence electrons. The van der Waals surface area contributed by atoms with Crippen molar-refractivity contribution in [1.82, 2.24) is 9.88 Å². The highest BCUT2D eigenvalue weighted by Crippen LogP contribution is 2.31. The van der Waals surface area contributed by atoms with Gasteiger partial charge < -0.3 is 5.32 Å². The Bertz CT molecular complexity index is 372. The molecule has 0 radical (unpaired) electrons. The molecule has 3 heteroatoms. The van der Waals surface area contributed by atoms with Gasteiger partial charge >= 0.3 is 0 Å². The Balaban J connectivity index is 2.08. The number of hydrogen-bond acceptors (Lipinski definition) is 3. The Morgan fingerprint density at radius 3 is 2.84 bits per heavy atom. The number of piperidine rings is 1. The van der Waals surface area contributed by atoms with E-state index in [2.05, 4.69) is 54.3 Å². The summed E-state index contributed by atoms with van der Waals surface area (Å²) in [5.74, 6) is 1.71. The molecule has 1 atom stereocenters. The lowest BCUT2D eigenvalue weighted by Gasteiger charge is -2.37. The molecule has 0 spiro atoms. The van der Waals surface area contributed by atoms with E-state index in [1.165, 1.54) is 37.9 Å². The number of anilines is 1. The largest absolute Gasteiger partial charge is 0.370 e. The molecular formula is C16H27N3. The molecule has 0 amide bonds. The second-order valence-electron chi connectivity index (χ2n) is 5.91. The number of likely N-dealkylation sites (tertiary alicyclic amines) is 1. The van der Waals surface area contributed by atoms with Gasteiger partial charge in [-0.3, -0.25) is 4.90 Å². The van der Waals surface area contributed by atoms with Crippen LogP contribution >= 0.6 is 0 Å². The minimum absolute atomic E-state index is 0.569. The summed E-state index contributed by atoms with van der Waals surface area (Å²) in [4.78, 5) is 7.16. The molecule has 1 aromatic heterocycles. The van der Waals surface area contributed by atoms with Gasteiger partial charge in [-0.2, -0.15) is 0 Å². The van der Waals surface area contributed by atoms with E-state index in [0.717, 1.165) is 18.3 Å². The highest BCUT2D eigenvalue weighted by Gasteiger charge is 2.24. The first kappa shape index (κ1) is 14.3. The van der Waals surface area contributed by atoms with Crippen LogP contribution in [-0.2, 0) is 0 Å². The third-order valence-electron chi connectivity index (χ3n) is 3.74. The quantitative estimate of drug-likeness (QED) is 0.876. The lowest BCUT2D eigenvalue weighted by atomic mass is 9.95. The molecule has 1 aliphatic rings. The minimum atomic E-state index is 0.569. The second kappa shape index (κ2) is 6.90. The summed E-state index contributed by atoms with van der Waals surface area (Å²) in [7, 11) is 0. The van der Waals surface area contributed by atoms with Crippen LogP contribution in [0.4, 0.5) is 5.82 Å². The minimum Gasteiger partial charge on any atom is -0.370 e. The SMILES string of the molecule is CCNc1ccc([C@@H]2CCCCN2CC(C)C)cn1. The molecule has 0 saturated carbocycles. The van der Waals surface area contributed by atoms with E-state index in [9.17, 15) is 0 Å². The first-order valence-electron chi connectivity index (χ1n) is 7.64. The van der Waals surface area contributed by atoms with Crippen LogP contribution in [0, 0.1) is 5.92 Å². The van der Waals surface area contributed by atoms with Crippen LogP contribution in [0.3, 0.4) is 0 Å². The zero-order valence-corrected chi connectivity index (χ0v) is 12.5. The van der Waals surface area contributed by atoms with Crippen molar-refractivity contribution in [3.63, 3.8) is 0 Å². The van der Waals surface area contributed by atoms with Crippen molar-refractivity contribution in [2.75, 3.05) is 25.0 Å². The van der Waals surface area contributed by atoms with Gasteiger partial charge in [0.25, 0.3) is 0 Å². The van der Waals surface area contributed by atoms with E-state index in [4.69, 9.17) is 0 Å². The summed E-state index contributed by atoms with van der Waals surface area (Å²) in [5.41, 5.74) is 1.38. The molecule has 0 unspecified atom stereocenters. The van der Waals surface area contributed by atoms with Gasteiger partial charge in [-0.15, -0.1) is 0 Å². The molecule has 1 saturated heterocycles. The number of pyridine rings is 1. The molecule has 0 aliphatic carbocycles. The molecule has 0 bridgehead atoms. The fourth-order valence-electron chi connectivity index (χ4n) is 2.94. The maximum absolute atomic E-state index is 4.52. The molecule has 2 rings (SSSR count). The monoisotopic (exact) mass is 261 g/mol. The zero-order chi connectivity index (χ0) is 13.7. The van der Waals surface area contributed by atoms with Gasteiger partial charge in [-0.25, -0.2) is 4.98 Å². The fourth-order valence-corrected chi connectivity index (χ4v) is 2.94. The number of rotatable bonds is 5. The molecule has 1 aliphatic heterocycles. The number of hydrogen-bond donors (Lipinski definition) is 1. The van der Waals surface area contributed by atoms with Crippen molar-refractivity contribution < 1.29 is 0 Å². The number of nitrogens with zero attached hydrogens (tertiary/aromatic N) is 2. The van der Waals surface area contributed by atoms with Crippen molar-refractivity contribution in [3.05, 3.63) is 23.9 Å². The lowest BCUT2D eigenvalue weighted by molar-refractivity contribution is 0.132. The average Bonchev–Trinajstić information content (AvgIpc) is 2.40. The Kier molecular flexibility index (Phi) is 5.20. The number of nitrogens with one attached hydrogen (secondary N) is 1. The van der Waals surface area contributed by atoms with E-state index in [1.54, 1.807) is 0 Å². The molecule has 1 fully saturated rings. The Labute approximate surface area is 117 Å².